The number of hydrogen-bond acceptors (Lipinski definition) is 4. The second kappa shape index (κ2) is 5.78. The van der Waals surface area contributed by atoms with Crippen LogP contribution in [0, 0.1) is 0 Å². The van der Waals surface area contributed by atoms with E-state index in [4.69, 9.17) is 0 Å². The van der Waals surface area contributed by atoms with E-state index in [0.717, 1.165) is 38.4 Å². The molecule has 4 nitrogen and oxygen atoms in total. The van der Waals surface area contributed by atoms with Crippen LogP contribution in [-0.2, 0) is 0 Å². The average Bonchev–Trinajstić information content (AvgIpc) is 2.39. The maximum Gasteiger partial charge on any atom is 0.0574 e. The van der Waals surface area contributed by atoms with Gasteiger partial charge in [0.15, 0.2) is 0 Å². The third kappa shape index (κ3) is 3.60. The standard InChI is InChI=1S/C15H26N4/c1-5-17-13-10-14(12-16-11-13)18-6-8-19(9-7-18)15(2,3)4/h10-12,17H,5-9H2,1-4H3. The number of hydrogen-bond donors (Lipinski definition) is 1. The highest BCUT2D eigenvalue weighted by molar-refractivity contribution is 5.55. The molecule has 1 fully saturated rings. The van der Waals surface area contributed by atoms with Gasteiger partial charge in [-0.05, 0) is 33.8 Å². The number of rotatable bonds is 3. The molecule has 1 aromatic rings. The molecule has 106 valence electrons. The molecule has 2 heterocycles. The van der Waals surface area contributed by atoms with Gasteiger partial charge < -0.3 is 10.2 Å². The smallest absolute Gasteiger partial charge is 0.0574 e. The first-order valence-electron chi connectivity index (χ1n) is 7.19. The zero-order valence-electron chi connectivity index (χ0n) is 12.6. The van der Waals surface area contributed by atoms with Gasteiger partial charge in [-0.2, -0.15) is 0 Å². The largest absolute Gasteiger partial charge is 0.384 e. The topological polar surface area (TPSA) is 31.4 Å². The summed E-state index contributed by atoms with van der Waals surface area (Å²) in [6, 6.07) is 2.20. The van der Waals surface area contributed by atoms with Gasteiger partial charge in [0.1, 0.15) is 0 Å². The first-order valence-corrected chi connectivity index (χ1v) is 7.19. The minimum Gasteiger partial charge on any atom is -0.384 e. The van der Waals surface area contributed by atoms with E-state index >= 15 is 0 Å². The molecule has 4 heteroatoms. The van der Waals surface area contributed by atoms with Crippen molar-refractivity contribution in [1.29, 1.82) is 0 Å². The van der Waals surface area contributed by atoms with Crippen LogP contribution in [0.5, 0.6) is 0 Å². The Morgan fingerprint density at radius 3 is 2.42 bits per heavy atom. The van der Waals surface area contributed by atoms with Crippen LogP contribution in [0.15, 0.2) is 18.5 Å². The minimum absolute atomic E-state index is 0.274. The predicted octanol–water partition coefficient (Wildman–Crippen LogP) is 2.43. The number of nitrogens with zero attached hydrogens (tertiary/aromatic N) is 3. The minimum atomic E-state index is 0.274. The van der Waals surface area contributed by atoms with Crippen LogP contribution in [0.1, 0.15) is 27.7 Å². The van der Waals surface area contributed by atoms with Crippen molar-refractivity contribution in [3.63, 3.8) is 0 Å². The van der Waals surface area contributed by atoms with Crippen molar-refractivity contribution in [1.82, 2.24) is 9.88 Å². The van der Waals surface area contributed by atoms with E-state index in [1.54, 1.807) is 0 Å². The molecule has 0 amide bonds. The van der Waals surface area contributed by atoms with E-state index in [9.17, 15) is 0 Å². The second-order valence-corrected chi connectivity index (χ2v) is 6.11. The van der Waals surface area contributed by atoms with Gasteiger partial charge in [0.05, 0.1) is 23.8 Å². The Labute approximate surface area is 116 Å². The highest BCUT2D eigenvalue weighted by Gasteiger charge is 2.25. The van der Waals surface area contributed by atoms with Gasteiger partial charge in [-0.1, -0.05) is 0 Å². The fourth-order valence-corrected chi connectivity index (χ4v) is 2.54. The lowest BCUT2D eigenvalue weighted by molar-refractivity contribution is 0.128. The van der Waals surface area contributed by atoms with Crippen molar-refractivity contribution in [2.24, 2.45) is 0 Å². The zero-order valence-corrected chi connectivity index (χ0v) is 12.6. The Morgan fingerprint density at radius 1 is 1.16 bits per heavy atom. The van der Waals surface area contributed by atoms with Crippen LogP contribution in [0.4, 0.5) is 11.4 Å². The Hall–Kier alpha value is -1.29. The van der Waals surface area contributed by atoms with Crippen molar-refractivity contribution in [3.05, 3.63) is 18.5 Å². The molecule has 0 unspecified atom stereocenters. The molecule has 0 aromatic carbocycles. The monoisotopic (exact) mass is 262 g/mol. The molecule has 19 heavy (non-hydrogen) atoms. The molecule has 1 N–H and O–H groups in total. The maximum absolute atomic E-state index is 4.33. The van der Waals surface area contributed by atoms with Crippen molar-refractivity contribution < 1.29 is 0 Å². The average molecular weight is 262 g/mol. The van der Waals surface area contributed by atoms with E-state index in [0.29, 0.717) is 0 Å². The number of nitrogens with one attached hydrogen (secondary N) is 1. The second-order valence-electron chi connectivity index (χ2n) is 6.11. The summed E-state index contributed by atoms with van der Waals surface area (Å²) in [6.45, 7) is 14.3. The molecular weight excluding hydrogens is 236 g/mol. The lowest BCUT2D eigenvalue weighted by Gasteiger charge is -2.43. The van der Waals surface area contributed by atoms with Crippen molar-refractivity contribution in [2.75, 3.05) is 42.9 Å². The highest BCUT2D eigenvalue weighted by Crippen LogP contribution is 2.22. The summed E-state index contributed by atoms with van der Waals surface area (Å²) < 4.78 is 0. The summed E-state index contributed by atoms with van der Waals surface area (Å²) in [5, 5.41) is 3.32. The molecule has 1 saturated heterocycles. The number of anilines is 2. The maximum atomic E-state index is 4.33. The lowest BCUT2D eigenvalue weighted by atomic mass is 10.0. The Kier molecular flexibility index (Phi) is 4.30. The number of aromatic nitrogens is 1. The van der Waals surface area contributed by atoms with Crippen molar-refractivity contribution in [2.45, 2.75) is 33.2 Å². The molecule has 0 bridgehead atoms. The number of piperazine rings is 1. The van der Waals surface area contributed by atoms with Gasteiger partial charge in [-0.15, -0.1) is 0 Å². The van der Waals surface area contributed by atoms with E-state index in [1.165, 1.54) is 5.69 Å². The SMILES string of the molecule is CCNc1cncc(N2CCN(C(C)(C)C)CC2)c1. The fourth-order valence-electron chi connectivity index (χ4n) is 2.54. The van der Waals surface area contributed by atoms with Crippen LogP contribution in [0.2, 0.25) is 0 Å². The fraction of sp³-hybridized carbons (Fsp3) is 0.667. The van der Waals surface area contributed by atoms with Gasteiger partial charge in [-0.3, -0.25) is 9.88 Å². The van der Waals surface area contributed by atoms with E-state index in [2.05, 4.69) is 53.9 Å². The first-order chi connectivity index (χ1) is 9.00. The quantitative estimate of drug-likeness (QED) is 0.906. The summed E-state index contributed by atoms with van der Waals surface area (Å²) in [4.78, 5) is 9.30. The van der Waals surface area contributed by atoms with Gasteiger partial charge in [0, 0.05) is 38.3 Å². The van der Waals surface area contributed by atoms with Crippen LogP contribution in [0.3, 0.4) is 0 Å². The van der Waals surface area contributed by atoms with E-state index < -0.39 is 0 Å². The summed E-state index contributed by atoms with van der Waals surface area (Å²) >= 11 is 0. The van der Waals surface area contributed by atoms with Gasteiger partial charge in [0.2, 0.25) is 0 Å². The van der Waals surface area contributed by atoms with Crippen molar-refractivity contribution in [3.8, 4) is 0 Å². The molecule has 0 aliphatic carbocycles. The normalized spacial score (nSPS) is 17.6. The Bertz CT molecular complexity index is 403. The van der Waals surface area contributed by atoms with E-state index in [1.807, 2.05) is 12.4 Å². The molecule has 0 spiro atoms. The van der Waals surface area contributed by atoms with E-state index in [-0.39, 0.29) is 5.54 Å². The Morgan fingerprint density at radius 2 is 1.84 bits per heavy atom. The van der Waals surface area contributed by atoms with Crippen LogP contribution >= 0.6 is 0 Å². The molecule has 1 aliphatic heterocycles. The molecule has 2 rings (SSSR count). The molecular formula is C15H26N4. The molecule has 0 atom stereocenters. The highest BCUT2D eigenvalue weighted by atomic mass is 15.3. The molecule has 0 saturated carbocycles. The third-order valence-corrected chi connectivity index (χ3v) is 3.70. The summed E-state index contributed by atoms with van der Waals surface area (Å²) in [7, 11) is 0. The summed E-state index contributed by atoms with van der Waals surface area (Å²) in [6.07, 6.45) is 3.85. The van der Waals surface area contributed by atoms with Gasteiger partial charge in [-0.25, -0.2) is 0 Å². The van der Waals surface area contributed by atoms with Crippen molar-refractivity contribution >= 4 is 11.4 Å². The summed E-state index contributed by atoms with van der Waals surface area (Å²) in [5.41, 5.74) is 2.61. The van der Waals surface area contributed by atoms with Gasteiger partial charge in [0.25, 0.3) is 0 Å². The van der Waals surface area contributed by atoms with Gasteiger partial charge >= 0.3 is 0 Å². The Balaban J connectivity index is 1.99. The molecule has 0 radical (unpaired) electrons. The summed E-state index contributed by atoms with van der Waals surface area (Å²) in [5.74, 6) is 0. The first kappa shape index (κ1) is 14.1. The zero-order chi connectivity index (χ0) is 13.9. The third-order valence-electron chi connectivity index (χ3n) is 3.70. The van der Waals surface area contributed by atoms with Crippen LogP contribution < -0.4 is 10.2 Å². The predicted molar refractivity (Wildman–Crippen MR) is 81.9 cm³/mol. The molecule has 1 aliphatic rings. The lowest BCUT2D eigenvalue weighted by Crippen LogP contribution is -2.53. The number of pyridine rings is 1. The molecule has 1 aromatic heterocycles. The van der Waals surface area contributed by atoms with Crippen LogP contribution in [-0.4, -0.2) is 48.1 Å². The van der Waals surface area contributed by atoms with Crippen LogP contribution in [0.25, 0.3) is 0 Å².